The Hall–Kier alpha value is -2.29. The number of phenols is 1. The number of nitrogens with zero attached hydrogens (tertiary/aromatic N) is 1. The maximum absolute atomic E-state index is 13.4. The number of benzene rings is 2. The summed E-state index contributed by atoms with van der Waals surface area (Å²) in [5.41, 5.74) is 1.69. The van der Waals surface area contributed by atoms with E-state index in [1.807, 2.05) is 24.3 Å². The van der Waals surface area contributed by atoms with Gasteiger partial charge in [0.2, 0.25) is 0 Å². The maximum Gasteiger partial charge on any atom is 0.191 e. The third-order valence-electron chi connectivity index (χ3n) is 3.47. The Labute approximate surface area is 170 Å². The molecule has 2 aromatic rings. The molecule has 3 N–H and O–H groups in total. The Kier molecular flexibility index (Phi) is 9.50. The van der Waals surface area contributed by atoms with Crippen LogP contribution >= 0.6 is 24.0 Å². The number of phenolic OH excluding ortho intramolecular Hbond substituents is 1. The van der Waals surface area contributed by atoms with Gasteiger partial charge in [0.05, 0.1) is 0 Å². The summed E-state index contributed by atoms with van der Waals surface area (Å²) in [6, 6.07) is 12.0. The van der Waals surface area contributed by atoms with Crippen LogP contribution in [0.3, 0.4) is 0 Å². The van der Waals surface area contributed by atoms with Crippen LogP contribution in [0.1, 0.15) is 11.1 Å². The zero-order valence-electron chi connectivity index (χ0n) is 14.5. The van der Waals surface area contributed by atoms with E-state index >= 15 is 0 Å². The molecular formula is C19H23FIN3O2. The highest BCUT2D eigenvalue weighted by Gasteiger charge is 2.05. The van der Waals surface area contributed by atoms with Gasteiger partial charge in [0.15, 0.2) is 17.5 Å². The van der Waals surface area contributed by atoms with Crippen LogP contribution in [0.25, 0.3) is 0 Å². The first-order valence-electron chi connectivity index (χ1n) is 7.87. The molecule has 140 valence electrons. The first kappa shape index (κ1) is 21.8. The van der Waals surface area contributed by atoms with Gasteiger partial charge < -0.3 is 20.5 Å². The van der Waals surface area contributed by atoms with Crippen LogP contribution < -0.4 is 15.4 Å². The smallest absolute Gasteiger partial charge is 0.191 e. The predicted molar refractivity (Wildman–Crippen MR) is 113 cm³/mol. The lowest BCUT2D eigenvalue weighted by molar-refractivity contribution is 0.358. The average molecular weight is 471 g/mol. The van der Waals surface area contributed by atoms with Gasteiger partial charge in [-0.1, -0.05) is 36.9 Å². The molecule has 0 fully saturated rings. The molecule has 0 saturated heterocycles. The molecule has 0 aliphatic rings. The second-order valence-corrected chi connectivity index (χ2v) is 5.27. The van der Waals surface area contributed by atoms with E-state index in [4.69, 9.17) is 4.74 Å². The van der Waals surface area contributed by atoms with Gasteiger partial charge in [0, 0.05) is 25.7 Å². The topological polar surface area (TPSA) is 65.9 Å². The van der Waals surface area contributed by atoms with E-state index in [2.05, 4.69) is 22.2 Å². The third-order valence-corrected chi connectivity index (χ3v) is 3.47. The van der Waals surface area contributed by atoms with Crippen LogP contribution in [-0.4, -0.2) is 24.7 Å². The number of guanidine groups is 1. The zero-order chi connectivity index (χ0) is 18.1. The van der Waals surface area contributed by atoms with Gasteiger partial charge in [0.1, 0.15) is 12.4 Å². The number of ether oxygens (including phenoxy) is 1. The predicted octanol–water partition coefficient (Wildman–Crippen LogP) is 3.58. The lowest BCUT2D eigenvalue weighted by Gasteiger charge is -2.14. The molecule has 0 aliphatic carbocycles. The summed E-state index contributed by atoms with van der Waals surface area (Å²) in [5.74, 6) is 0.357. The molecule has 2 rings (SSSR count). The van der Waals surface area contributed by atoms with E-state index in [0.29, 0.717) is 31.2 Å². The van der Waals surface area contributed by atoms with Crippen molar-refractivity contribution in [2.24, 2.45) is 4.99 Å². The van der Waals surface area contributed by atoms with Crippen LogP contribution in [-0.2, 0) is 13.1 Å². The van der Waals surface area contributed by atoms with Gasteiger partial charge >= 0.3 is 0 Å². The lowest BCUT2D eigenvalue weighted by atomic mass is 10.2. The minimum Gasteiger partial charge on any atom is -0.505 e. The number of nitrogens with one attached hydrogen (secondary N) is 2. The first-order chi connectivity index (χ1) is 12.1. The fourth-order valence-electron chi connectivity index (χ4n) is 2.19. The van der Waals surface area contributed by atoms with Crippen molar-refractivity contribution in [3.63, 3.8) is 0 Å². The van der Waals surface area contributed by atoms with Gasteiger partial charge in [-0.3, -0.25) is 4.99 Å². The number of aliphatic imine (C=N–C) groups is 1. The summed E-state index contributed by atoms with van der Waals surface area (Å²) < 4.78 is 19.0. The highest BCUT2D eigenvalue weighted by atomic mass is 127. The molecule has 0 aromatic heterocycles. The van der Waals surface area contributed by atoms with Crippen LogP contribution in [0.2, 0.25) is 0 Å². The molecule has 26 heavy (non-hydrogen) atoms. The van der Waals surface area contributed by atoms with E-state index in [0.717, 1.165) is 11.3 Å². The molecule has 0 aliphatic heterocycles. The van der Waals surface area contributed by atoms with Gasteiger partial charge in [0.25, 0.3) is 0 Å². The molecule has 0 spiro atoms. The van der Waals surface area contributed by atoms with Crippen LogP contribution in [0.4, 0.5) is 4.39 Å². The summed E-state index contributed by atoms with van der Waals surface area (Å²) in [4.78, 5) is 4.14. The normalized spacial score (nSPS) is 10.6. The maximum atomic E-state index is 13.4. The Balaban J connectivity index is 0.00000338. The molecule has 0 bridgehead atoms. The van der Waals surface area contributed by atoms with E-state index in [9.17, 15) is 9.50 Å². The van der Waals surface area contributed by atoms with Crippen molar-refractivity contribution in [3.05, 3.63) is 72.1 Å². The largest absolute Gasteiger partial charge is 0.505 e. The van der Waals surface area contributed by atoms with Gasteiger partial charge in [-0.05, 0) is 23.8 Å². The summed E-state index contributed by atoms with van der Waals surface area (Å²) in [6.07, 6.45) is 1.70. The summed E-state index contributed by atoms with van der Waals surface area (Å²) in [7, 11) is 1.66. The van der Waals surface area contributed by atoms with E-state index in [1.54, 1.807) is 19.2 Å². The van der Waals surface area contributed by atoms with Crippen molar-refractivity contribution in [1.82, 2.24) is 10.6 Å². The van der Waals surface area contributed by atoms with Gasteiger partial charge in [-0.25, -0.2) is 4.39 Å². The van der Waals surface area contributed by atoms with Crippen molar-refractivity contribution in [1.29, 1.82) is 0 Å². The van der Waals surface area contributed by atoms with E-state index in [-0.39, 0.29) is 29.7 Å². The highest BCUT2D eigenvalue weighted by Crippen LogP contribution is 2.18. The average Bonchev–Trinajstić information content (AvgIpc) is 2.63. The molecule has 5 nitrogen and oxygen atoms in total. The molecule has 0 atom stereocenters. The number of para-hydroxylation sites is 1. The van der Waals surface area contributed by atoms with E-state index < -0.39 is 5.82 Å². The molecule has 0 unspecified atom stereocenters. The number of aromatic hydroxyl groups is 1. The van der Waals surface area contributed by atoms with Gasteiger partial charge in [-0.15, -0.1) is 24.0 Å². The molecule has 0 radical (unpaired) electrons. The number of halogens is 2. The van der Waals surface area contributed by atoms with Crippen LogP contribution in [0.5, 0.6) is 11.5 Å². The minimum atomic E-state index is -0.643. The molecule has 0 amide bonds. The standard InChI is InChI=1S/C19H22FN3O2.HI/c1-3-10-25-18-7-5-4-6-15(18)13-23-19(21-2)22-12-14-8-9-17(24)16(20)11-14;/h3-9,11,24H,1,10,12-13H2,2H3,(H2,21,22,23);1H. The number of rotatable bonds is 7. The third kappa shape index (κ3) is 6.55. The second kappa shape index (κ2) is 11.3. The zero-order valence-corrected chi connectivity index (χ0v) is 16.9. The molecule has 0 heterocycles. The molecular weight excluding hydrogens is 448 g/mol. The Bertz CT molecular complexity index is 753. The number of hydrogen-bond donors (Lipinski definition) is 3. The molecule has 2 aromatic carbocycles. The Morgan fingerprint density at radius 2 is 1.96 bits per heavy atom. The summed E-state index contributed by atoms with van der Waals surface area (Å²) >= 11 is 0. The van der Waals surface area contributed by atoms with Crippen molar-refractivity contribution < 1.29 is 14.2 Å². The van der Waals surface area contributed by atoms with Crippen molar-refractivity contribution in [2.45, 2.75) is 13.1 Å². The Morgan fingerprint density at radius 1 is 1.23 bits per heavy atom. The first-order valence-corrected chi connectivity index (χ1v) is 7.87. The Morgan fingerprint density at radius 3 is 2.65 bits per heavy atom. The molecule has 7 heteroatoms. The summed E-state index contributed by atoms with van der Waals surface area (Å²) in [5, 5.41) is 15.5. The quantitative estimate of drug-likeness (QED) is 0.250. The monoisotopic (exact) mass is 471 g/mol. The summed E-state index contributed by atoms with van der Waals surface area (Å²) in [6.45, 7) is 4.99. The SMILES string of the molecule is C=CCOc1ccccc1CNC(=NC)NCc1ccc(O)c(F)c1.I. The van der Waals surface area contributed by atoms with Crippen LogP contribution in [0.15, 0.2) is 60.1 Å². The minimum absolute atomic E-state index is 0. The fourth-order valence-corrected chi connectivity index (χ4v) is 2.19. The van der Waals surface area contributed by atoms with Crippen molar-refractivity contribution in [3.8, 4) is 11.5 Å². The van der Waals surface area contributed by atoms with E-state index in [1.165, 1.54) is 12.1 Å². The highest BCUT2D eigenvalue weighted by molar-refractivity contribution is 14.0. The molecule has 0 saturated carbocycles. The number of hydrogen-bond acceptors (Lipinski definition) is 3. The van der Waals surface area contributed by atoms with Crippen molar-refractivity contribution in [2.75, 3.05) is 13.7 Å². The second-order valence-electron chi connectivity index (χ2n) is 5.27. The lowest BCUT2D eigenvalue weighted by Crippen LogP contribution is -2.36. The van der Waals surface area contributed by atoms with Gasteiger partial charge in [-0.2, -0.15) is 0 Å². The fraction of sp³-hybridized carbons (Fsp3) is 0.211. The van der Waals surface area contributed by atoms with Crippen molar-refractivity contribution >= 4 is 29.9 Å². The van der Waals surface area contributed by atoms with Crippen LogP contribution in [0, 0.1) is 5.82 Å².